The van der Waals surface area contributed by atoms with E-state index in [9.17, 15) is 10.2 Å². The van der Waals surface area contributed by atoms with E-state index in [1.165, 1.54) is 11.1 Å². The Hall–Kier alpha value is -2.12. The minimum Gasteiger partial charge on any atom is -0.389 e. The second-order valence-corrected chi connectivity index (χ2v) is 7.93. The van der Waals surface area contributed by atoms with Crippen LogP contribution in [-0.4, -0.2) is 47.7 Å². The standard InChI is InChI=1S/2C11H13NO2/c2*13-10-6-14-11-5-9(10)12-8-4-2-1-3-7(8)11/h2*1-4,9-13H,5-6H2/t2*9-,10+,11-/m00/s1. The van der Waals surface area contributed by atoms with Crippen molar-refractivity contribution in [3.05, 3.63) is 59.7 Å². The fourth-order valence-electron chi connectivity index (χ4n) is 4.53. The Morgan fingerprint density at radius 1 is 0.679 bits per heavy atom. The van der Waals surface area contributed by atoms with Gasteiger partial charge in [0, 0.05) is 35.3 Å². The van der Waals surface area contributed by atoms with E-state index >= 15 is 0 Å². The summed E-state index contributed by atoms with van der Waals surface area (Å²) >= 11 is 0. The molecule has 4 aliphatic heterocycles. The Kier molecular flexibility index (Phi) is 4.72. The van der Waals surface area contributed by atoms with Crippen LogP contribution < -0.4 is 10.6 Å². The van der Waals surface area contributed by atoms with Crippen molar-refractivity contribution in [1.29, 1.82) is 0 Å². The van der Waals surface area contributed by atoms with Crippen LogP contribution in [0.1, 0.15) is 36.2 Å². The first kappa shape index (κ1) is 17.9. The maximum absolute atomic E-state index is 9.66. The molecule has 28 heavy (non-hydrogen) atoms. The lowest BCUT2D eigenvalue weighted by molar-refractivity contribution is -0.0672. The molecule has 0 saturated carbocycles. The number of benzene rings is 2. The molecule has 2 aromatic rings. The molecule has 4 bridgehead atoms. The van der Waals surface area contributed by atoms with Gasteiger partial charge in [-0.05, 0) is 12.1 Å². The van der Waals surface area contributed by atoms with Crippen molar-refractivity contribution in [2.24, 2.45) is 0 Å². The molecule has 0 spiro atoms. The number of anilines is 2. The van der Waals surface area contributed by atoms with E-state index in [4.69, 9.17) is 9.47 Å². The van der Waals surface area contributed by atoms with Gasteiger partial charge in [-0.15, -0.1) is 0 Å². The van der Waals surface area contributed by atoms with Crippen molar-refractivity contribution < 1.29 is 19.7 Å². The molecule has 0 amide bonds. The van der Waals surface area contributed by atoms with Gasteiger partial charge >= 0.3 is 0 Å². The summed E-state index contributed by atoms with van der Waals surface area (Å²) in [5.41, 5.74) is 4.64. The van der Waals surface area contributed by atoms with Gasteiger partial charge in [-0.2, -0.15) is 0 Å². The summed E-state index contributed by atoms with van der Waals surface area (Å²) in [5.74, 6) is 0. The Bertz CT molecular complexity index is 775. The van der Waals surface area contributed by atoms with Crippen LogP contribution in [0, 0.1) is 0 Å². The van der Waals surface area contributed by atoms with Gasteiger partial charge in [-0.3, -0.25) is 0 Å². The van der Waals surface area contributed by atoms with Gasteiger partial charge in [0.1, 0.15) is 0 Å². The topological polar surface area (TPSA) is 83.0 Å². The largest absolute Gasteiger partial charge is 0.389 e. The number of hydrogen-bond acceptors (Lipinski definition) is 6. The quantitative estimate of drug-likeness (QED) is 0.561. The lowest BCUT2D eigenvalue weighted by Crippen LogP contribution is -2.45. The Morgan fingerprint density at radius 3 is 1.57 bits per heavy atom. The van der Waals surface area contributed by atoms with Crippen molar-refractivity contribution in [2.45, 2.75) is 49.3 Å². The molecule has 6 heteroatoms. The monoisotopic (exact) mass is 382 g/mol. The lowest BCUT2D eigenvalue weighted by atomic mass is 9.90. The summed E-state index contributed by atoms with van der Waals surface area (Å²) in [7, 11) is 0. The second kappa shape index (κ2) is 7.37. The SMILES string of the molecule is O[C@@H]1CO[C@H]2C[C@@H]1Nc1ccccc12.O[C@@H]1CO[C@H]2C[C@@H]1Nc1ccccc12. The number of rotatable bonds is 0. The summed E-state index contributed by atoms with van der Waals surface area (Å²) in [6.07, 6.45) is 1.33. The van der Waals surface area contributed by atoms with Crippen molar-refractivity contribution in [3.63, 3.8) is 0 Å². The van der Waals surface area contributed by atoms with Crippen molar-refractivity contribution in [1.82, 2.24) is 0 Å². The minimum absolute atomic E-state index is 0.156. The predicted octanol–water partition coefficient (Wildman–Crippen LogP) is 2.61. The van der Waals surface area contributed by atoms with E-state index in [1.807, 2.05) is 36.4 Å². The molecule has 2 saturated heterocycles. The molecule has 6 atom stereocenters. The fraction of sp³-hybridized carbons (Fsp3) is 0.455. The molecule has 2 aromatic carbocycles. The number of nitrogens with one attached hydrogen (secondary N) is 2. The maximum Gasteiger partial charge on any atom is 0.0975 e. The van der Waals surface area contributed by atoms with E-state index in [-0.39, 0.29) is 36.5 Å². The predicted molar refractivity (Wildman–Crippen MR) is 106 cm³/mol. The average Bonchev–Trinajstić information content (AvgIpc) is 2.74. The van der Waals surface area contributed by atoms with Gasteiger partial charge in [0.2, 0.25) is 0 Å². The Balaban J connectivity index is 0.000000122. The molecule has 0 aromatic heterocycles. The maximum atomic E-state index is 9.66. The van der Waals surface area contributed by atoms with Crippen LogP contribution >= 0.6 is 0 Å². The van der Waals surface area contributed by atoms with E-state index in [1.54, 1.807) is 0 Å². The zero-order chi connectivity index (χ0) is 19.1. The average molecular weight is 382 g/mol. The van der Waals surface area contributed by atoms with Gasteiger partial charge in [0.25, 0.3) is 0 Å². The highest BCUT2D eigenvalue weighted by molar-refractivity contribution is 5.56. The summed E-state index contributed by atoms with van der Waals surface area (Å²) < 4.78 is 11.2. The molecule has 0 unspecified atom stereocenters. The molecule has 6 nitrogen and oxygen atoms in total. The molecule has 4 N–H and O–H groups in total. The fourth-order valence-corrected chi connectivity index (χ4v) is 4.53. The smallest absolute Gasteiger partial charge is 0.0975 e. The zero-order valence-corrected chi connectivity index (χ0v) is 15.6. The van der Waals surface area contributed by atoms with E-state index in [2.05, 4.69) is 22.8 Å². The van der Waals surface area contributed by atoms with Crippen molar-refractivity contribution in [3.8, 4) is 0 Å². The molecule has 148 valence electrons. The van der Waals surface area contributed by atoms with Crippen molar-refractivity contribution >= 4 is 11.4 Å². The first-order valence-corrected chi connectivity index (χ1v) is 9.99. The summed E-state index contributed by atoms with van der Waals surface area (Å²) in [6.45, 7) is 0.882. The number of para-hydroxylation sites is 2. The zero-order valence-electron chi connectivity index (χ0n) is 15.6. The van der Waals surface area contributed by atoms with Gasteiger partial charge < -0.3 is 30.3 Å². The molecular weight excluding hydrogens is 356 g/mol. The van der Waals surface area contributed by atoms with Crippen LogP contribution in [0.2, 0.25) is 0 Å². The molecular formula is C22H26N2O4. The number of aliphatic hydroxyl groups is 2. The molecule has 4 aliphatic rings. The lowest BCUT2D eigenvalue weighted by Gasteiger charge is -2.40. The van der Waals surface area contributed by atoms with Crippen molar-refractivity contribution in [2.75, 3.05) is 23.8 Å². The summed E-state index contributed by atoms with van der Waals surface area (Å²) in [5, 5.41) is 26.0. The highest BCUT2D eigenvalue weighted by Crippen LogP contribution is 2.39. The summed E-state index contributed by atoms with van der Waals surface area (Å²) in [4.78, 5) is 0. The Morgan fingerprint density at radius 2 is 1.11 bits per heavy atom. The normalized spacial score (nSPS) is 34.5. The second-order valence-electron chi connectivity index (χ2n) is 7.93. The summed E-state index contributed by atoms with van der Waals surface area (Å²) in [6, 6.07) is 16.6. The van der Waals surface area contributed by atoms with Gasteiger partial charge in [0.05, 0.1) is 49.7 Å². The highest BCUT2D eigenvalue weighted by Gasteiger charge is 2.36. The molecule has 0 radical (unpaired) electrons. The van der Waals surface area contributed by atoms with E-state index in [0.29, 0.717) is 13.2 Å². The van der Waals surface area contributed by atoms with Crippen LogP contribution in [-0.2, 0) is 9.47 Å². The van der Waals surface area contributed by atoms with E-state index < -0.39 is 0 Å². The molecule has 6 rings (SSSR count). The third-order valence-corrected chi connectivity index (χ3v) is 6.10. The number of aliphatic hydroxyl groups excluding tert-OH is 2. The number of hydrogen-bond donors (Lipinski definition) is 4. The van der Waals surface area contributed by atoms with Crippen LogP contribution in [0.25, 0.3) is 0 Å². The number of fused-ring (bicyclic) bond motifs is 8. The van der Waals surface area contributed by atoms with Crippen LogP contribution in [0.4, 0.5) is 11.4 Å². The first-order chi connectivity index (χ1) is 13.7. The Labute approximate surface area is 164 Å². The number of ether oxygens (including phenoxy) is 2. The highest BCUT2D eigenvalue weighted by atomic mass is 16.5. The van der Waals surface area contributed by atoms with Gasteiger partial charge in [0.15, 0.2) is 0 Å². The third-order valence-electron chi connectivity index (χ3n) is 6.10. The van der Waals surface area contributed by atoms with Crippen LogP contribution in [0.3, 0.4) is 0 Å². The van der Waals surface area contributed by atoms with Crippen LogP contribution in [0.5, 0.6) is 0 Å². The first-order valence-electron chi connectivity index (χ1n) is 9.99. The molecule has 2 fully saturated rings. The minimum atomic E-state index is -0.375. The van der Waals surface area contributed by atoms with E-state index in [0.717, 1.165) is 24.2 Å². The molecule has 0 aliphatic carbocycles. The van der Waals surface area contributed by atoms with Gasteiger partial charge in [-0.1, -0.05) is 36.4 Å². The van der Waals surface area contributed by atoms with Gasteiger partial charge in [-0.25, -0.2) is 0 Å². The van der Waals surface area contributed by atoms with Crippen LogP contribution in [0.15, 0.2) is 48.5 Å². The third kappa shape index (κ3) is 3.26. The molecule has 4 heterocycles.